The minimum absolute atomic E-state index is 0.279. The molecule has 1 aliphatic carbocycles. The van der Waals surface area contributed by atoms with E-state index < -0.39 is 5.83 Å². The van der Waals surface area contributed by atoms with Crippen LogP contribution in [0.25, 0.3) is 0 Å². The van der Waals surface area contributed by atoms with Gasteiger partial charge in [0, 0.05) is 0 Å². The van der Waals surface area contributed by atoms with Crippen LogP contribution in [0, 0.1) is 23.2 Å². The van der Waals surface area contributed by atoms with Crippen molar-refractivity contribution < 1.29 is 4.39 Å². The minimum Gasteiger partial charge on any atom is -0.195 e. The summed E-state index contributed by atoms with van der Waals surface area (Å²) in [5, 5.41) is 8.52. The molecule has 0 aliphatic heterocycles. The maximum Gasteiger partial charge on any atom is 0.196 e. The first-order valence-corrected chi connectivity index (χ1v) is 10.6. The fraction of sp³-hybridized carbons (Fsp3) is 0.625. The van der Waals surface area contributed by atoms with Crippen LogP contribution in [-0.2, 0) is 12.8 Å². The fourth-order valence-electron chi connectivity index (χ4n) is 4.10. The number of nitrogens with zero attached hydrogens (tertiary/aromatic N) is 1. The van der Waals surface area contributed by atoms with Gasteiger partial charge in [-0.1, -0.05) is 56.9 Å². The number of aryl methyl sites for hydroxylation is 2. The fourth-order valence-corrected chi connectivity index (χ4v) is 4.10. The Kier molecular flexibility index (Phi) is 9.46. The lowest BCUT2D eigenvalue weighted by molar-refractivity contribution is 0.288. The Bertz CT molecular complexity index is 573. The van der Waals surface area contributed by atoms with E-state index in [1.807, 2.05) is 0 Å². The molecular formula is C24H34FN. The second kappa shape index (κ2) is 11.9. The average Bonchev–Trinajstić information content (AvgIpc) is 2.67. The molecule has 2 heteroatoms. The van der Waals surface area contributed by atoms with E-state index in [9.17, 15) is 4.39 Å². The Morgan fingerprint density at radius 3 is 2.12 bits per heavy atom. The molecule has 1 saturated carbocycles. The molecular weight excluding hydrogens is 321 g/mol. The maximum atomic E-state index is 13.0. The summed E-state index contributed by atoms with van der Waals surface area (Å²) in [7, 11) is 0. The lowest BCUT2D eigenvalue weighted by atomic mass is 9.79. The van der Waals surface area contributed by atoms with E-state index in [4.69, 9.17) is 5.26 Å². The molecule has 1 aromatic carbocycles. The van der Waals surface area contributed by atoms with Crippen molar-refractivity contribution in [1.82, 2.24) is 0 Å². The molecule has 0 atom stereocenters. The summed E-state index contributed by atoms with van der Waals surface area (Å²) in [6, 6.07) is 10.8. The molecule has 0 saturated heterocycles. The third-order valence-corrected chi connectivity index (χ3v) is 5.80. The average molecular weight is 356 g/mol. The molecule has 142 valence electrons. The highest BCUT2D eigenvalue weighted by atomic mass is 19.1. The lowest BCUT2D eigenvalue weighted by Gasteiger charge is -2.26. The van der Waals surface area contributed by atoms with Gasteiger partial charge in [0.15, 0.2) is 5.83 Å². The van der Waals surface area contributed by atoms with Crippen LogP contribution < -0.4 is 0 Å². The van der Waals surface area contributed by atoms with E-state index in [1.165, 1.54) is 81.4 Å². The van der Waals surface area contributed by atoms with Gasteiger partial charge in [-0.15, -0.1) is 0 Å². The van der Waals surface area contributed by atoms with Gasteiger partial charge in [0.2, 0.25) is 0 Å². The Hall–Kier alpha value is -1.62. The van der Waals surface area contributed by atoms with E-state index in [1.54, 1.807) is 6.07 Å². The molecule has 0 unspecified atom stereocenters. The Labute approximate surface area is 159 Å². The van der Waals surface area contributed by atoms with Crippen LogP contribution in [0.3, 0.4) is 0 Å². The van der Waals surface area contributed by atoms with Crippen molar-refractivity contribution in [3.8, 4) is 6.07 Å². The molecule has 2 rings (SSSR count). The number of hydrogen-bond donors (Lipinski definition) is 0. The second-order valence-electron chi connectivity index (χ2n) is 7.93. The predicted molar refractivity (Wildman–Crippen MR) is 107 cm³/mol. The number of unbranched alkanes of at least 4 members (excludes halogenated alkanes) is 3. The number of benzene rings is 1. The summed E-state index contributed by atoms with van der Waals surface area (Å²) in [6.45, 7) is 2.25. The highest BCUT2D eigenvalue weighted by Crippen LogP contribution is 2.33. The molecule has 0 aromatic heterocycles. The van der Waals surface area contributed by atoms with Gasteiger partial charge in [0.25, 0.3) is 0 Å². The van der Waals surface area contributed by atoms with Crippen molar-refractivity contribution in [2.45, 2.75) is 84.0 Å². The Morgan fingerprint density at radius 1 is 1.00 bits per heavy atom. The van der Waals surface area contributed by atoms with Crippen LogP contribution in [0.2, 0.25) is 0 Å². The Balaban J connectivity index is 1.59. The number of halogens is 1. The molecule has 0 amide bonds. The molecule has 1 nitrogen and oxygen atoms in total. The van der Waals surface area contributed by atoms with Crippen LogP contribution in [0.5, 0.6) is 0 Å². The van der Waals surface area contributed by atoms with Crippen molar-refractivity contribution in [3.05, 3.63) is 47.3 Å². The van der Waals surface area contributed by atoms with Gasteiger partial charge in [-0.25, -0.2) is 0 Å². The summed E-state index contributed by atoms with van der Waals surface area (Å²) in [5.74, 6) is 0.470. The van der Waals surface area contributed by atoms with Crippen LogP contribution in [0.15, 0.2) is 36.2 Å². The van der Waals surface area contributed by atoms with E-state index >= 15 is 0 Å². The third-order valence-electron chi connectivity index (χ3n) is 5.80. The maximum absolute atomic E-state index is 13.0. The molecule has 0 spiro atoms. The zero-order valence-electron chi connectivity index (χ0n) is 16.4. The van der Waals surface area contributed by atoms with Gasteiger partial charge in [0.1, 0.15) is 6.07 Å². The molecule has 26 heavy (non-hydrogen) atoms. The number of rotatable bonds is 10. The lowest BCUT2D eigenvalue weighted by Crippen LogP contribution is -2.13. The highest BCUT2D eigenvalue weighted by Gasteiger charge is 2.20. The molecule has 0 N–H and O–H groups in total. The van der Waals surface area contributed by atoms with Gasteiger partial charge < -0.3 is 0 Å². The largest absolute Gasteiger partial charge is 0.196 e. The normalized spacial score (nSPS) is 20.7. The SMILES string of the molecule is CCCCCc1ccc(CCCCC2CCC(/C=C(/F)C#N)CC2)cc1. The Morgan fingerprint density at radius 2 is 1.58 bits per heavy atom. The first-order chi connectivity index (χ1) is 12.7. The summed E-state index contributed by atoms with van der Waals surface area (Å²) in [6.07, 6.45) is 16.1. The summed E-state index contributed by atoms with van der Waals surface area (Å²) < 4.78 is 13.0. The van der Waals surface area contributed by atoms with Gasteiger partial charge >= 0.3 is 0 Å². The monoisotopic (exact) mass is 355 g/mol. The zero-order chi connectivity index (χ0) is 18.6. The van der Waals surface area contributed by atoms with Crippen molar-refractivity contribution >= 4 is 0 Å². The van der Waals surface area contributed by atoms with E-state index in [0.717, 1.165) is 18.8 Å². The molecule has 1 aliphatic rings. The quantitative estimate of drug-likeness (QED) is 0.319. The van der Waals surface area contributed by atoms with Crippen LogP contribution in [0.1, 0.15) is 82.3 Å². The topological polar surface area (TPSA) is 23.8 Å². The molecule has 0 radical (unpaired) electrons. The third kappa shape index (κ3) is 7.73. The van der Waals surface area contributed by atoms with Gasteiger partial charge in [0.05, 0.1) is 0 Å². The molecule has 1 aromatic rings. The van der Waals surface area contributed by atoms with E-state index in [0.29, 0.717) is 0 Å². The second-order valence-corrected chi connectivity index (χ2v) is 7.93. The molecule has 1 fully saturated rings. The van der Waals surface area contributed by atoms with E-state index in [-0.39, 0.29) is 5.92 Å². The van der Waals surface area contributed by atoms with Crippen LogP contribution >= 0.6 is 0 Å². The van der Waals surface area contributed by atoms with Crippen molar-refractivity contribution in [1.29, 1.82) is 5.26 Å². The minimum atomic E-state index is -0.607. The van der Waals surface area contributed by atoms with Crippen molar-refractivity contribution in [2.75, 3.05) is 0 Å². The summed E-state index contributed by atoms with van der Waals surface area (Å²) in [4.78, 5) is 0. The smallest absolute Gasteiger partial charge is 0.195 e. The first kappa shape index (κ1) is 20.7. The molecule has 0 heterocycles. The zero-order valence-corrected chi connectivity index (χ0v) is 16.4. The van der Waals surface area contributed by atoms with Crippen molar-refractivity contribution in [3.63, 3.8) is 0 Å². The summed E-state index contributed by atoms with van der Waals surface area (Å²) in [5.41, 5.74) is 2.94. The van der Waals surface area contributed by atoms with Crippen LogP contribution in [0.4, 0.5) is 4.39 Å². The van der Waals surface area contributed by atoms with Gasteiger partial charge in [-0.05, 0) is 80.4 Å². The first-order valence-electron chi connectivity index (χ1n) is 10.6. The standard InChI is InChI=1S/C24H34FN/c1-2-3-4-7-20-10-12-21(13-11-20)8-5-6-9-22-14-16-23(17-15-22)18-24(25)19-26/h10-13,18,22-23H,2-9,14-17H2,1H3/b24-18+. The van der Waals surface area contributed by atoms with Crippen LogP contribution in [-0.4, -0.2) is 0 Å². The highest BCUT2D eigenvalue weighted by molar-refractivity contribution is 5.22. The molecule has 0 bridgehead atoms. The predicted octanol–water partition coefficient (Wildman–Crippen LogP) is 7.32. The number of nitriles is 1. The van der Waals surface area contributed by atoms with Gasteiger partial charge in [-0.3, -0.25) is 0 Å². The van der Waals surface area contributed by atoms with Crippen molar-refractivity contribution in [2.24, 2.45) is 11.8 Å². The summed E-state index contributed by atoms with van der Waals surface area (Å²) >= 11 is 0. The van der Waals surface area contributed by atoms with E-state index in [2.05, 4.69) is 31.2 Å². The number of hydrogen-bond acceptors (Lipinski definition) is 1. The van der Waals surface area contributed by atoms with Gasteiger partial charge in [-0.2, -0.15) is 9.65 Å². The number of allylic oxidation sites excluding steroid dienone is 2.